The van der Waals surface area contributed by atoms with Crippen LogP contribution in [-0.2, 0) is 6.42 Å². The molecule has 0 fully saturated rings. The van der Waals surface area contributed by atoms with E-state index in [0.717, 1.165) is 18.8 Å². The topological polar surface area (TPSA) is 9.23 Å². The fourth-order valence-corrected chi connectivity index (χ4v) is 5.40. The Morgan fingerprint density at radius 1 is 0.800 bits per heavy atom. The molecule has 0 saturated carbocycles. The molecule has 0 aliphatic carbocycles. The lowest BCUT2D eigenvalue weighted by atomic mass is 10.1. The minimum atomic E-state index is 0.811. The van der Waals surface area contributed by atoms with E-state index in [1.165, 1.54) is 58.4 Å². The van der Waals surface area contributed by atoms with E-state index in [0.29, 0.717) is 0 Å². The second-order valence-corrected chi connectivity index (χ2v) is 8.84. The normalized spacial score (nSPS) is 11.3. The van der Waals surface area contributed by atoms with Gasteiger partial charge in [-0.25, -0.2) is 0 Å². The summed E-state index contributed by atoms with van der Waals surface area (Å²) in [6, 6.07) is 13.3. The maximum Gasteiger partial charge on any atom is 0.119 e. The average Bonchev–Trinajstić information content (AvgIpc) is 3.18. The fraction of sp³-hybridized carbons (Fsp3) is 0.455. The predicted octanol–water partition coefficient (Wildman–Crippen LogP) is 7.93. The van der Waals surface area contributed by atoms with Gasteiger partial charge in [-0.15, -0.1) is 22.7 Å². The summed E-state index contributed by atoms with van der Waals surface area (Å²) in [5.74, 6) is 0.977. The number of thiophene rings is 2. The Morgan fingerprint density at radius 2 is 1.56 bits per heavy atom. The highest BCUT2D eigenvalue weighted by Gasteiger charge is 2.09. The van der Waals surface area contributed by atoms with Crippen LogP contribution in [0, 0.1) is 0 Å². The monoisotopic (exact) mass is 372 g/mol. The Morgan fingerprint density at radius 3 is 2.28 bits per heavy atom. The summed E-state index contributed by atoms with van der Waals surface area (Å²) in [6.45, 7) is 5.27. The smallest absolute Gasteiger partial charge is 0.119 e. The van der Waals surface area contributed by atoms with E-state index in [-0.39, 0.29) is 0 Å². The third kappa shape index (κ3) is 5.08. The van der Waals surface area contributed by atoms with Gasteiger partial charge in [0.05, 0.1) is 6.61 Å². The number of rotatable bonds is 10. The number of unbranched alkanes of at least 4 members (excludes halogenated alkanes) is 4. The molecule has 1 aromatic carbocycles. The van der Waals surface area contributed by atoms with Crippen molar-refractivity contribution in [2.45, 2.75) is 58.8 Å². The van der Waals surface area contributed by atoms with Crippen LogP contribution in [0.25, 0.3) is 19.8 Å². The molecule has 0 amide bonds. The van der Waals surface area contributed by atoms with E-state index in [2.05, 4.69) is 50.2 Å². The highest BCUT2D eigenvalue weighted by atomic mass is 32.1. The van der Waals surface area contributed by atoms with Gasteiger partial charge < -0.3 is 4.74 Å². The Hall–Kier alpha value is -1.32. The van der Waals surface area contributed by atoms with Crippen molar-refractivity contribution in [2.75, 3.05) is 6.61 Å². The van der Waals surface area contributed by atoms with Crippen molar-refractivity contribution in [1.82, 2.24) is 0 Å². The summed E-state index contributed by atoms with van der Waals surface area (Å²) in [5, 5.41) is 0. The summed E-state index contributed by atoms with van der Waals surface area (Å²) in [6.07, 6.45) is 8.89. The van der Waals surface area contributed by atoms with Gasteiger partial charge in [0.1, 0.15) is 5.75 Å². The van der Waals surface area contributed by atoms with Crippen LogP contribution >= 0.6 is 22.7 Å². The number of fused-ring (bicyclic) bond motifs is 1. The van der Waals surface area contributed by atoms with Gasteiger partial charge in [-0.1, -0.05) is 39.5 Å². The Labute approximate surface area is 159 Å². The van der Waals surface area contributed by atoms with Gasteiger partial charge in [0.25, 0.3) is 0 Å². The SMILES string of the molecule is CCCCCCc1cc2sc(-c3ccc(OCCCC)cc3)cc2s1. The molecule has 0 N–H and O–H groups in total. The van der Waals surface area contributed by atoms with E-state index >= 15 is 0 Å². The van der Waals surface area contributed by atoms with E-state index in [9.17, 15) is 0 Å². The molecule has 0 atom stereocenters. The molecule has 1 nitrogen and oxygen atoms in total. The molecule has 134 valence electrons. The van der Waals surface area contributed by atoms with Crippen LogP contribution in [-0.4, -0.2) is 6.61 Å². The largest absolute Gasteiger partial charge is 0.494 e. The Bertz CT molecular complexity index is 736. The number of ether oxygens (including phenoxy) is 1. The van der Waals surface area contributed by atoms with Gasteiger partial charge >= 0.3 is 0 Å². The molecular weight excluding hydrogens is 344 g/mol. The number of hydrogen-bond acceptors (Lipinski definition) is 3. The second kappa shape index (κ2) is 9.40. The molecule has 0 bridgehead atoms. The highest BCUT2D eigenvalue weighted by molar-refractivity contribution is 7.29. The zero-order chi connectivity index (χ0) is 17.5. The fourth-order valence-electron chi connectivity index (χ4n) is 2.93. The number of hydrogen-bond donors (Lipinski definition) is 0. The molecule has 3 heteroatoms. The van der Waals surface area contributed by atoms with Crippen molar-refractivity contribution in [3.05, 3.63) is 41.3 Å². The zero-order valence-corrected chi connectivity index (χ0v) is 17.0. The highest BCUT2D eigenvalue weighted by Crippen LogP contribution is 2.39. The third-order valence-electron chi connectivity index (χ3n) is 4.44. The molecule has 0 spiro atoms. The van der Waals surface area contributed by atoms with Crippen LogP contribution in [0.3, 0.4) is 0 Å². The number of aryl methyl sites for hydroxylation is 1. The van der Waals surface area contributed by atoms with E-state index in [4.69, 9.17) is 4.74 Å². The molecule has 0 unspecified atom stereocenters. The zero-order valence-electron chi connectivity index (χ0n) is 15.3. The van der Waals surface area contributed by atoms with Gasteiger partial charge in [-0.05, 0) is 61.2 Å². The Balaban J connectivity index is 1.62. The Kier molecular flexibility index (Phi) is 6.94. The van der Waals surface area contributed by atoms with Crippen molar-refractivity contribution in [1.29, 1.82) is 0 Å². The van der Waals surface area contributed by atoms with Gasteiger partial charge in [0, 0.05) is 19.2 Å². The molecule has 2 aromatic heterocycles. The third-order valence-corrected chi connectivity index (χ3v) is 6.84. The van der Waals surface area contributed by atoms with Crippen LogP contribution in [0.1, 0.15) is 57.2 Å². The molecule has 3 aromatic rings. The van der Waals surface area contributed by atoms with Gasteiger partial charge in [0.15, 0.2) is 0 Å². The summed E-state index contributed by atoms with van der Waals surface area (Å²) in [5.41, 5.74) is 1.29. The first kappa shape index (κ1) is 18.5. The lowest BCUT2D eigenvalue weighted by Crippen LogP contribution is -1.95. The quantitative estimate of drug-likeness (QED) is 0.328. The average molecular weight is 373 g/mol. The van der Waals surface area contributed by atoms with Crippen molar-refractivity contribution in [3.63, 3.8) is 0 Å². The van der Waals surface area contributed by atoms with Gasteiger partial charge in [0.2, 0.25) is 0 Å². The molecule has 3 rings (SSSR count). The first-order chi connectivity index (χ1) is 12.3. The molecular formula is C22H28OS2. The van der Waals surface area contributed by atoms with Crippen molar-refractivity contribution in [3.8, 4) is 16.2 Å². The predicted molar refractivity (Wildman–Crippen MR) is 113 cm³/mol. The minimum absolute atomic E-state index is 0.811. The molecule has 0 radical (unpaired) electrons. The number of benzene rings is 1. The van der Waals surface area contributed by atoms with E-state index in [1.807, 2.05) is 22.7 Å². The summed E-state index contributed by atoms with van der Waals surface area (Å²) < 4.78 is 8.63. The van der Waals surface area contributed by atoms with Crippen LogP contribution < -0.4 is 4.74 Å². The maximum absolute atomic E-state index is 5.76. The van der Waals surface area contributed by atoms with E-state index in [1.54, 1.807) is 4.88 Å². The van der Waals surface area contributed by atoms with Crippen molar-refractivity contribution >= 4 is 32.1 Å². The molecule has 2 heterocycles. The minimum Gasteiger partial charge on any atom is -0.494 e. The summed E-state index contributed by atoms with van der Waals surface area (Å²) in [7, 11) is 0. The van der Waals surface area contributed by atoms with Gasteiger partial charge in [-0.2, -0.15) is 0 Å². The van der Waals surface area contributed by atoms with Crippen LogP contribution in [0.4, 0.5) is 0 Å². The molecule has 25 heavy (non-hydrogen) atoms. The van der Waals surface area contributed by atoms with Crippen molar-refractivity contribution in [2.24, 2.45) is 0 Å². The molecule has 0 saturated heterocycles. The molecule has 0 aliphatic heterocycles. The van der Waals surface area contributed by atoms with Crippen LogP contribution in [0.5, 0.6) is 5.75 Å². The first-order valence-electron chi connectivity index (χ1n) is 9.55. The van der Waals surface area contributed by atoms with Crippen LogP contribution in [0.2, 0.25) is 0 Å². The lowest BCUT2D eigenvalue weighted by Gasteiger charge is -2.05. The van der Waals surface area contributed by atoms with E-state index < -0.39 is 0 Å². The first-order valence-corrected chi connectivity index (χ1v) is 11.2. The van der Waals surface area contributed by atoms with Crippen molar-refractivity contribution < 1.29 is 4.74 Å². The maximum atomic E-state index is 5.76. The lowest BCUT2D eigenvalue weighted by molar-refractivity contribution is 0.309. The summed E-state index contributed by atoms with van der Waals surface area (Å²) >= 11 is 3.89. The van der Waals surface area contributed by atoms with Crippen LogP contribution in [0.15, 0.2) is 36.4 Å². The molecule has 0 aliphatic rings. The second-order valence-electron chi connectivity index (χ2n) is 6.59. The van der Waals surface area contributed by atoms with Gasteiger partial charge in [-0.3, -0.25) is 0 Å². The summed E-state index contributed by atoms with van der Waals surface area (Å²) in [4.78, 5) is 2.91. The standard InChI is InChI=1S/C22H28OS2/c1-3-5-7-8-9-19-15-21-22(24-19)16-20(25-21)17-10-12-18(13-11-17)23-14-6-4-2/h10-13,15-16H,3-9,14H2,1-2H3.